The maximum absolute atomic E-state index is 12.8. The Hall–Kier alpha value is -3.09. The molecule has 0 bridgehead atoms. The lowest BCUT2D eigenvalue weighted by atomic mass is 10.1. The number of nitrogens with zero attached hydrogens (tertiary/aromatic N) is 6. The van der Waals surface area contributed by atoms with Crippen LogP contribution in [0.1, 0.15) is 21.7 Å². The number of carbonyl (C=O) groups excluding carboxylic acids is 1. The fraction of sp³-hybridized carbons (Fsp3) is 0.235. The Balaban J connectivity index is 1.61. The van der Waals surface area contributed by atoms with E-state index in [4.69, 9.17) is 0 Å². The second kappa shape index (κ2) is 5.84. The van der Waals surface area contributed by atoms with Crippen molar-refractivity contribution in [2.45, 2.75) is 20.0 Å². The number of fused-ring (bicyclic) bond motifs is 1. The molecule has 3 heterocycles. The average Bonchev–Trinajstić information content (AvgIpc) is 3.05. The first-order chi connectivity index (χ1) is 11.7. The van der Waals surface area contributed by atoms with Gasteiger partial charge in [0.05, 0.1) is 6.54 Å². The molecule has 7 nitrogen and oxygen atoms in total. The predicted molar refractivity (Wildman–Crippen MR) is 87.0 cm³/mol. The summed E-state index contributed by atoms with van der Waals surface area (Å²) in [4.78, 5) is 22.7. The number of aryl methyl sites for hydroxylation is 1. The van der Waals surface area contributed by atoms with Crippen molar-refractivity contribution in [2.24, 2.45) is 0 Å². The minimum atomic E-state index is 0.0333. The molecule has 2 aromatic heterocycles. The fourth-order valence-electron chi connectivity index (χ4n) is 2.93. The molecule has 0 aliphatic carbocycles. The van der Waals surface area contributed by atoms with E-state index in [-0.39, 0.29) is 5.91 Å². The average molecular weight is 320 g/mol. The Morgan fingerprint density at radius 1 is 1.12 bits per heavy atom. The lowest BCUT2D eigenvalue weighted by Crippen LogP contribution is -2.38. The van der Waals surface area contributed by atoms with Gasteiger partial charge in [0.25, 0.3) is 5.91 Å². The highest BCUT2D eigenvalue weighted by Crippen LogP contribution is 2.21. The van der Waals surface area contributed by atoms with Crippen LogP contribution in [0.15, 0.2) is 42.9 Å². The zero-order valence-electron chi connectivity index (χ0n) is 13.3. The Labute approximate surface area is 139 Å². The monoisotopic (exact) mass is 320 g/mol. The Morgan fingerprint density at radius 3 is 2.79 bits per heavy atom. The lowest BCUT2D eigenvalue weighted by molar-refractivity contribution is 0.0707. The molecule has 0 saturated carbocycles. The molecule has 0 saturated heterocycles. The van der Waals surface area contributed by atoms with Gasteiger partial charge in [0.15, 0.2) is 11.6 Å². The van der Waals surface area contributed by atoms with Crippen LogP contribution in [0.5, 0.6) is 0 Å². The zero-order valence-corrected chi connectivity index (χ0v) is 13.3. The van der Waals surface area contributed by atoms with Crippen LogP contribution in [-0.4, -0.2) is 42.1 Å². The zero-order chi connectivity index (χ0) is 16.5. The molecule has 0 atom stereocenters. The van der Waals surface area contributed by atoms with Gasteiger partial charge in [-0.3, -0.25) is 4.79 Å². The van der Waals surface area contributed by atoms with Crippen LogP contribution < -0.4 is 0 Å². The number of amides is 1. The third kappa shape index (κ3) is 2.44. The summed E-state index contributed by atoms with van der Waals surface area (Å²) in [5, 5.41) is 8.48. The molecule has 0 spiro atoms. The van der Waals surface area contributed by atoms with Crippen molar-refractivity contribution in [3.8, 4) is 11.5 Å². The molecule has 1 aromatic carbocycles. The van der Waals surface area contributed by atoms with Gasteiger partial charge in [-0.2, -0.15) is 0 Å². The molecule has 0 N–H and O–H groups in total. The van der Waals surface area contributed by atoms with E-state index in [9.17, 15) is 4.79 Å². The number of hydrogen-bond donors (Lipinski definition) is 0. The van der Waals surface area contributed by atoms with Crippen molar-refractivity contribution >= 4 is 5.91 Å². The smallest absolute Gasteiger partial charge is 0.254 e. The van der Waals surface area contributed by atoms with Gasteiger partial charge in [0, 0.05) is 24.8 Å². The van der Waals surface area contributed by atoms with Crippen molar-refractivity contribution in [3.63, 3.8) is 0 Å². The summed E-state index contributed by atoms with van der Waals surface area (Å²) in [5.74, 6) is 1.53. The number of rotatable bonds is 2. The van der Waals surface area contributed by atoms with Gasteiger partial charge in [0.2, 0.25) is 0 Å². The summed E-state index contributed by atoms with van der Waals surface area (Å²) in [5.41, 5.74) is 2.46. The Kier molecular flexibility index (Phi) is 3.53. The molecule has 120 valence electrons. The topological polar surface area (TPSA) is 76.8 Å². The number of carbonyl (C=O) groups is 1. The van der Waals surface area contributed by atoms with Gasteiger partial charge in [0.1, 0.15) is 12.0 Å². The number of benzene rings is 1. The molecule has 4 rings (SSSR count). The van der Waals surface area contributed by atoms with Gasteiger partial charge < -0.3 is 9.47 Å². The molecule has 0 radical (unpaired) electrons. The van der Waals surface area contributed by atoms with Crippen LogP contribution in [0.25, 0.3) is 11.5 Å². The van der Waals surface area contributed by atoms with Crippen LogP contribution in [0.3, 0.4) is 0 Å². The predicted octanol–water partition coefficient (Wildman–Crippen LogP) is 1.70. The molecule has 0 fully saturated rings. The van der Waals surface area contributed by atoms with Crippen LogP contribution in [0.2, 0.25) is 0 Å². The maximum atomic E-state index is 12.8. The highest BCUT2D eigenvalue weighted by molar-refractivity contribution is 5.95. The summed E-state index contributed by atoms with van der Waals surface area (Å²) in [6.07, 6.45) is 3.18. The molecule has 7 heteroatoms. The van der Waals surface area contributed by atoms with Crippen LogP contribution in [0.4, 0.5) is 0 Å². The van der Waals surface area contributed by atoms with E-state index >= 15 is 0 Å². The highest BCUT2D eigenvalue weighted by Gasteiger charge is 2.26. The van der Waals surface area contributed by atoms with E-state index in [0.717, 1.165) is 28.5 Å². The van der Waals surface area contributed by atoms with Crippen LogP contribution in [-0.2, 0) is 13.1 Å². The molecule has 1 amide bonds. The lowest BCUT2D eigenvalue weighted by Gasteiger charge is -2.28. The van der Waals surface area contributed by atoms with Gasteiger partial charge in [-0.25, -0.2) is 9.97 Å². The van der Waals surface area contributed by atoms with Crippen molar-refractivity contribution < 1.29 is 4.79 Å². The SMILES string of the molecule is Cc1ccccc1C(=O)N1CCn2c(nnc2-c2ccncn2)C1. The summed E-state index contributed by atoms with van der Waals surface area (Å²) >= 11 is 0. The molecule has 1 aliphatic rings. The van der Waals surface area contributed by atoms with Crippen LogP contribution >= 0.6 is 0 Å². The Bertz CT molecular complexity index is 889. The first kappa shape index (κ1) is 14.5. The second-order valence-electron chi connectivity index (χ2n) is 5.73. The van der Waals surface area contributed by atoms with Crippen molar-refractivity contribution in [3.05, 3.63) is 59.8 Å². The van der Waals surface area contributed by atoms with Crippen LogP contribution in [0, 0.1) is 6.92 Å². The summed E-state index contributed by atoms with van der Waals surface area (Å²) in [7, 11) is 0. The normalized spacial score (nSPS) is 13.6. The van der Waals surface area contributed by atoms with Crippen molar-refractivity contribution in [2.75, 3.05) is 6.54 Å². The van der Waals surface area contributed by atoms with E-state index in [0.29, 0.717) is 19.6 Å². The molecule has 24 heavy (non-hydrogen) atoms. The minimum Gasteiger partial charge on any atom is -0.329 e. The molecule has 0 unspecified atom stereocenters. The van der Waals surface area contributed by atoms with Crippen molar-refractivity contribution in [1.82, 2.24) is 29.6 Å². The summed E-state index contributed by atoms with van der Waals surface area (Å²) < 4.78 is 2.02. The summed E-state index contributed by atoms with van der Waals surface area (Å²) in [6.45, 7) is 3.67. The third-order valence-corrected chi connectivity index (χ3v) is 4.23. The van der Waals surface area contributed by atoms with E-state index in [1.54, 1.807) is 6.20 Å². The molecular formula is C17H16N6O. The van der Waals surface area contributed by atoms with Gasteiger partial charge in [-0.05, 0) is 24.6 Å². The number of hydrogen-bond acceptors (Lipinski definition) is 5. The van der Waals surface area contributed by atoms with Gasteiger partial charge in [-0.1, -0.05) is 18.2 Å². The minimum absolute atomic E-state index is 0.0333. The van der Waals surface area contributed by atoms with Crippen molar-refractivity contribution in [1.29, 1.82) is 0 Å². The van der Waals surface area contributed by atoms with Gasteiger partial charge >= 0.3 is 0 Å². The second-order valence-corrected chi connectivity index (χ2v) is 5.73. The van der Waals surface area contributed by atoms with E-state index < -0.39 is 0 Å². The van der Waals surface area contributed by atoms with E-state index in [2.05, 4.69) is 20.2 Å². The number of aromatic nitrogens is 5. The first-order valence-corrected chi connectivity index (χ1v) is 7.77. The molecule has 3 aromatic rings. The molecular weight excluding hydrogens is 304 g/mol. The highest BCUT2D eigenvalue weighted by atomic mass is 16.2. The Morgan fingerprint density at radius 2 is 2.00 bits per heavy atom. The standard InChI is InChI=1S/C17H16N6O/c1-12-4-2-3-5-13(12)17(24)22-8-9-23-15(10-22)20-21-16(23)14-6-7-18-11-19-14/h2-7,11H,8-10H2,1H3. The molecule has 1 aliphatic heterocycles. The first-order valence-electron chi connectivity index (χ1n) is 7.77. The fourth-order valence-corrected chi connectivity index (χ4v) is 2.93. The largest absolute Gasteiger partial charge is 0.329 e. The quantitative estimate of drug-likeness (QED) is 0.718. The van der Waals surface area contributed by atoms with E-state index in [1.165, 1.54) is 6.33 Å². The van der Waals surface area contributed by atoms with E-state index in [1.807, 2.05) is 46.7 Å². The third-order valence-electron chi connectivity index (χ3n) is 4.23. The summed E-state index contributed by atoms with van der Waals surface area (Å²) in [6, 6.07) is 9.45. The maximum Gasteiger partial charge on any atom is 0.254 e. The van der Waals surface area contributed by atoms with Gasteiger partial charge in [-0.15, -0.1) is 10.2 Å².